The number of carboxylic acid groups (broad SMARTS) is 1. The van der Waals surface area contributed by atoms with Crippen molar-refractivity contribution in [1.82, 2.24) is 0 Å². The fraction of sp³-hybridized carbons (Fsp3) is 0.0667. The summed E-state index contributed by atoms with van der Waals surface area (Å²) in [6, 6.07) is 11.9. The Bertz CT molecular complexity index is 658. The lowest BCUT2D eigenvalue weighted by Gasteiger charge is -2.05. The number of nitrogens with one attached hydrogen (secondary N) is 1. The molecule has 0 saturated carbocycles. The maximum Gasteiger partial charge on any atom is 0.335 e. The van der Waals surface area contributed by atoms with Crippen LogP contribution < -0.4 is 5.32 Å². The molecule has 21 heavy (non-hydrogen) atoms. The molecule has 1 amide bonds. The summed E-state index contributed by atoms with van der Waals surface area (Å²) in [5.74, 6) is -1.50. The van der Waals surface area contributed by atoms with Gasteiger partial charge in [0.15, 0.2) is 0 Å². The third-order valence-electron chi connectivity index (χ3n) is 2.58. The maximum absolute atomic E-state index is 13.0. The minimum absolute atomic E-state index is 0.156. The summed E-state index contributed by atoms with van der Waals surface area (Å²) in [6.45, 7) is 0. The van der Waals surface area contributed by atoms with Gasteiger partial charge in [-0.1, -0.05) is 6.07 Å². The van der Waals surface area contributed by atoms with E-state index >= 15 is 0 Å². The summed E-state index contributed by atoms with van der Waals surface area (Å²) in [6.07, 6.45) is 0. The molecule has 0 unspecified atom stereocenters. The number of carbonyl (C=O) groups excluding carboxylic acids is 1. The first kappa shape index (κ1) is 15.1. The lowest BCUT2D eigenvalue weighted by atomic mass is 10.2. The number of amides is 1. The van der Waals surface area contributed by atoms with Gasteiger partial charge in [-0.15, -0.1) is 11.8 Å². The zero-order valence-corrected chi connectivity index (χ0v) is 11.7. The van der Waals surface area contributed by atoms with E-state index < -0.39 is 11.8 Å². The van der Waals surface area contributed by atoms with E-state index in [0.29, 0.717) is 5.69 Å². The average molecular weight is 305 g/mol. The van der Waals surface area contributed by atoms with Crippen LogP contribution >= 0.6 is 11.8 Å². The van der Waals surface area contributed by atoms with Gasteiger partial charge in [0.1, 0.15) is 5.82 Å². The molecule has 0 bridgehead atoms. The van der Waals surface area contributed by atoms with E-state index in [4.69, 9.17) is 5.11 Å². The Balaban J connectivity index is 1.87. The number of hydrogen-bond acceptors (Lipinski definition) is 3. The summed E-state index contributed by atoms with van der Waals surface area (Å²) in [4.78, 5) is 23.2. The standard InChI is InChI=1S/C15H12FNO3S/c16-11-2-1-3-12(8-11)17-14(18)9-21-13-6-4-10(5-7-13)15(19)20/h1-8H,9H2,(H,17,18)(H,19,20). The van der Waals surface area contributed by atoms with Crippen LogP contribution in [-0.2, 0) is 4.79 Å². The average Bonchev–Trinajstić information content (AvgIpc) is 2.45. The molecule has 0 aromatic heterocycles. The molecule has 108 valence electrons. The highest BCUT2D eigenvalue weighted by Crippen LogP contribution is 2.19. The van der Waals surface area contributed by atoms with Gasteiger partial charge in [-0.2, -0.15) is 0 Å². The van der Waals surface area contributed by atoms with Crippen LogP contribution in [0.15, 0.2) is 53.4 Å². The van der Waals surface area contributed by atoms with E-state index in [2.05, 4.69) is 5.32 Å². The van der Waals surface area contributed by atoms with Gasteiger partial charge in [-0.25, -0.2) is 9.18 Å². The van der Waals surface area contributed by atoms with E-state index in [1.54, 1.807) is 18.2 Å². The monoisotopic (exact) mass is 305 g/mol. The number of aromatic carboxylic acids is 1. The number of rotatable bonds is 5. The first-order valence-electron chi connectivity index (χ1n) is 6.06. The fourth-order valence-electron chi connectivity index (χ4n) is 1.61. The van der Waals surface area contributed by atoms with E-state index in [1.807, 2.05) is 0 Å². The predicted octanol–water partition coefficient (Wildman–Crippen LogP) is 3.25. The number of benzene rings is 2. The van der Waals surface area contributed by atoms with Crippen molar-refractivity contribution >= 4 is 29.3 Å². The van der Waals surface area contributed by atoms with Crippen LogP contribution in [0.1, 0.15) is 10.4 Å². The Morgan fingerprint density at radius 1 is 1.14 bits per heavy atom. The van der Waals surface area contributed by atoms with Gasteiger partial charge in [0.05, 0.1) is 11.3 Å². The van der Waals surface area contributed by atoms with Crippen LogP contribution in [0.3, 0.4) is 0 Å². The second-order valence-corrected chi connectivity index (χ2v) is 5.23. The summed E-state index contributed by atoms with van der Waals surface area (Å²) in [5, 5.41) is 11.4. The molecule has 2 aromatic rings. The molecule has 0 saturated heterocycles. The molecular formula is C15H12FNO3S. The van der Waals surface area contributed by atoms with Crippen molar-refractivity contribution in [1.29, 1.82) is 0 Å². The van der Waals surface area contributed by atoms with Crippen molar-refractivity contribution in [2.75, 3.05) is 11.1 Å². The Hall–Kier alpha value is -2.34. The lowest BCUT2D eigenvalue weighted by Crippen LogP contribution is -2.14. The molecule has 2 rings (SSSR count). The topological polar surface area (TPSA) is 66.4 Å². The van der Waals surface area contributed by atoms with Gasteiger partial charge < -0.3 is 10.4 Å². The number of thioether (sulfide) groups is 1. The highest BCUT2D eigenvalue weighted by Gasteiger charge is 2.06. The van der Waals surface area contributed by atoms with Crippen LogP contribution in [0.4, 0.5) is 10.1 Å². The van der Waals surface area contributed by atoms with E-state index in [0.717, 1.165) is 4.90 Å². The molecule has 0 aliphatic heterocycles. The normalized spacial score (nSPS) is 10.1. The highest BCUT2D eigenvalue weighted by atomic mass is 32.2. The number of hydrogen-bond donors (Lipinski definition) is 2. The fourth-order valence-corrected chi connectivity index (χ4v) is 2.30. The molecule has 0 spiro atoms. The molecule has 6 heteroatoms. The van der Waals surface area contributed by atoms with Gasteiger partial charge in [-0.3, -0.25) is 4.79 Å². The van der Waals surface area contributed by atoms with Crippen LogP contribution in [-0.4, -0.2) is 22.7 Å². The Kier molecular flexibility index (Phi) is 4.94. The molecular weight excluding hydrogens is 293 g/mol. The summed E-state index contributed by atoms with van der Waals surface area (Å²) < 4.78 is 13.0. The van der Waals surface area contributed by atoms with Crippen LogP contribution in [0.2, 0.25) is 0 Å². The minimum atomic E-state index is -0.990. The maximum atomic E-state index is 13.0. The zero-order chi connectivity index (χ0) is 15.2. The summed E-state index contributed by atoms with van der Waals surface area (Å²) >= 11 is 1.27. The third kappa shape index (κ3) is 4.61. The van der Waals surface area contributed by atoms with Crippen LogP contribution in [0, 0.1) is 5.82 Å². The lowest BCUT2D eigenvalue weighted by molar-refractivity contribution is -0.113. The van der Waals surface area contributed by atoms with Crippen molar-refractivity contribution in [2.45, 2.75) is 4.90 Å². The van der Waals surface area contributed by atoms with Crippen LogP contribution in [0.25, 0.3) is 0 Å². The van der Waals surface area contributed by atoms with Crippen molar-refractivity contribution in [3.63, 3.8) is 0 Å². The number of anilines is 1. The number of carbonyl (C=O) groups is 2. The largest absolute Gasteiger partial charge is 0.478 e. The third-order valence-corrected chi connectivity index (χ3v) is 3.59. The molecule has 0 atom stereocenters. The van der Waals surface area contributed by atoms with Gasteiger partial charge in [-0.05, 0) is 42.5 Å². The number of halogens is 1. The molecule has 4 nitrogen and oxygen atoms in total. The second kappa shape index (κ2) is 6.90. The smallest absolute Gasteiger partial charge is 0.335 e. The first-order valence-corrected chi connectivity index (χ1v) is 7.05. The quantitative estimate of drug-likeness (QED) is 0.832. The first-order chi connectivity index (χ1) is 10.0. The van der Waals surface area contributed by atoms with Crippen molar-refractivity contribution in [2.24, 2.45) is 0 Å². The van der Waals surface area contributed by atoms with Gasteiger partial charge in [0, 0.05) is 10.6 Å². The zero-order valence-electron chi connectivity index (χ0n) is 10.9. The molecule has 2 N–H and O–H groups in total. The Morgan fingerprint density at radius 3 is 2.48 bits per heavy atom. The molecule has 0 radical (unpaired) electrons. The second-order valence-electron chi connectivity index (χ2n) is 4.18. The Morgan fingerprint density at radius 2 is 1.86 bits per heavy atom. The number of carboxylic acids is 1. The SMILES string of the molecule is O=C(CSc1ccc(C(=O)O)cc1)Nc1cccc(F)c1. The van der Waals surface area contributed by atoms with E-state index in [-0.39, 0.29) is 17.2 Å². The van der Waals surface area contributed by atoms with Crippen molar-refractivity contribution in [3.8, 4) is 0 Å². The molecule has 0 aliphatic rings. The van der Waals surface area contributed by atoms with Gasteiger partial charge >= 0.3 is 5.97 Å². The van der Waals surface area contributed by atoms with Gasteiger partial charge in [0.25, 0.3) is 0 Å². The highest BCUT2D eigenvalue weighted by molar-refractivity contribution is 8.00. The summed E-state index contributed by atoms with van der Waals surface area (Å²) in [5.41, 5.74) is 0.602. The minimum Gasteiger partial charge on any atom is -0.478 e. The Labute approximate surface area is 125 Å². The summed E-state index contributed by atoms with van der Waals surface area (Å²) in [7, 11) is 0. The van der Waals surface area contributed by atoms with Gasteiger partial charge in [0.2, 0.25) is 5.91 Å². The van der Waals surface area contributed by atoms with Crippen molar-refractivity contribution in [3.05, 3.63) is 59.9 Å². The molecule has 0 aliphatic carbocycles. The molecule has 2 aromatic carbocycles. The van der Waals surface area contributed by atoms with E-state index in [9.17, 15) is 14.0 Å². The van der Waals surface area contributed by atoms with E-state index in [1.165, 1.54) is 42.1 Å². The molecule has 0 fully saturated rings. The van der Waals surface area contributed by atoms with Crippen LogP contribution in [0.5, 0.6) is 0 Å². The molecule has 0 heterocycles. The van der Waals surface area contributed by atoms with Crippen molar-refractivity contribution < 1.29 is 19.1 Å². The predicted molar refractivity (Wildman–Crippen MR) is 79.2 cm³/mol.